The van der Waals surface area contributed by atoms with Gasteiger partial charge in [-0.15, -0.1) is 0 Å². The Labute approximate surface area is 399 Å². The summed E-state index contributed by atoms with van der Waals surface area (Å²) in [5, 5.41) is 20.9. The van der Waals surface area contributed by atoms with Gasteiger partial charge in [0.1, 0.15) is 0 Å². The molecule has 0 saturated carbocycles. The van der Waals surface area contributed by atoms with E-state index in [0.717, 1.165) is 118 Å². The fourth-order valence-electron chi connectivity index (χ4n) is 11.2. The van der Waals surface area contributed by atoms with Crippen molar-refractivity contribution >= 4 is 34.9 Å². The molecule has 0 fully saturated rings. The third-order valence-corrected chi connectivity index (χ3v) is 15.6. The van der Waals surface area contributed by atoms with Crippen molar-refractivity contribution in [1.29, 1.82) is 0 Å². The van der Waals surface area contributed by atoms with E-state index < -0.39 is 11.9 Å². The number of benzene rings is 2. The monoisotopic (exact) mass is 909 g/mol. The standard InChI is InChI=1S/C58H85ClN2O4/c1-12-17-31-57(32-18-13-2)46-39-44(55(6,7)8)23-25-48(46)60(35-29-52(62)63)50(57)27-21-42-37-41(16-5)38-43(54(42)59)22-28-51-58(33-19-14-3,34-20-15-4)47-40-45(56(9,10)11)24-26-49(47)61(51)36-30-53(64)65/h21-28,39-41,50H,12-20,29-38H2,1-11H3,(H,62,63)(H,64,65)/b27-21+,43-22+,51-28+. The molecular formula is C58H85ClN2O4. The molecule has 0 amide bonds. The summed E-state index contributed by atoms with van der Waals surface area (Å²) in [4.78, 5) is 29.2. The highest BCUT2D eigenvalue weighted by Crippen LogP contribution is 2.56. The number of nitrogens with zero attached hydrogens (tertiary/aromatic N) is 2. The van der Waals surface area contributed by atoms with Crippen LogP contribution in [-0.4, -0.2) is 41.3 Å². The molecule has 65 heavy (non-hydrogen) atoms. The summed E-state index contributed by atoms with van der Waals surface area (Å²) in [5.41, 5.74) is 10.7. The molecule has 0 saturated heterocycles. The summed E-state index contributed by atoms with van der Waals surface area (Å²) >= 11 is 7.67. The van der Waals surface area contributed by atoms with Gasteiger partial charge in [0.2, 0.25) is 0 Å². The molecule has 2 aromatic carbocycles. The molecule has 2 N–H and O–H groups in total. The summed E-state index contributed by atoms with van der Waals surface area (Å²) in [7, 11) is 0. The molecule has 358 valence electrons. The number of rotatable bonds is 22. The summed E-state index contributed by atoms with van der Waals surface area (Å²) in [6, 6.07) is 13.9. The normalized spacial score (nSPS) is 20.7. The van der Waals surface area contributed by atoms with Crippen molar-refractivity contribution < 1.29 is 19.8 Å². The van der Waals surface area contributed by atoms with Gasteiger partial charge in [0.15, 0.2) is 0 Å². The number of unbranched alkanes of at least 4 members (excludes halogenated alkanes) is 4. The van der Waals surface area contributed by atoms with E-state index in [1.807, 2.05) is 0 Å². The van der Waals surface area contributed by atoms with Gasteiger partial charge < -0.3 is 20.0 Å². The van der Waals surface area contributed by atoms with E-state index in [-0.39, 0.29) is 40.5 Å². The van der Waals surface area contributed by atoms with Crippen LogP contribution in [-0.2, 0) is 31.2 Å². The summed E-state index contributed by atoms with van der Waals surface area (Å²) in [6.07, 6.45) is 25.1. The highest BCUT2D eigenvalue weighted by molar-refractivity contribution is 6.32. The van der Waals surface area contributed by atoms with Crippen LogP contribution in [0.3, 0.4) is 0 Å². The fourth-order valence-corrected chi connectivity index (χ4v) is 11.5. The van der Waals surface area contributed by atoms with Gasteiger partial charge in [0, 0.05) is 46.0 Å². The van der Waals surface area contributed by atoms with Gasteiger partial charge in [0.05, 0.1) is 18.9 Å². The first kappa shape index (κ1) is 52.2. The maximum absolute atomic E-state index is 12.2. The molecule has 1 aliphatic carbocycles. The Morgan fingerprint density at radius 3 is 1.75 bits per heavy atom. The molecule has 2 aromatic rings. The largest absolute Gasteiger partial charge is 0.481 e. The summed E-state index contributed by atoms with van der Waals surface area (Å²) in [5.74, 6) is -1.14. The molecule has 0 radical (unpaired) electrons. The number of carboxylic acid groups (broad SMARTS) is 2. The third-order valence-electron chi connectivity index (χ3n) is 15.1. The number of fused-ring (bicyclic) bond motifs is 2. The lowest BCUT2D eigenvalue weighted by Gasteiger charge is -2.39. The number of halogens is 1. The molecule has 7 heteroatoms. The van der Waals surface area contributed by atoms with E-state index in [0.29, 0.717) is 19.0 Å². The summed E-state index contributed by atoms with van der Waals surface area (Å²) in [6.45, 7) is 25.9. The zero-order valence-corrected chi connectivity index (χ0v) is 43.1. The Kier molecular flexibility index (Phi) is 18.0. The Bertz CT molecular complexity index is 2080. The Balaban J connectivity index is 1.70. The fraction of sp³-hybridized carbons (Fsp3) is 0.621. The van der Waals surface area contributed by atoms with Crippen LogP contribution in [0.15, 0.2) is 82.6 Å². The number of aliphatic carboxylic acids is 2. The molecule has 2 aliphatic heterocycles. The topological polar surface area (TPSA) is 81.1 Å². The molecule has 3 aliphatic rings. The van der Waals surface area contributed by atoms with Crippen molar-refractivity contribution in [2.45, 2.75) is 213 Å². The van der Waals surface area contributed by atoms with Crippen LogP contribution in [0, 0.1) is 5.92 Å². The van der Waals surface area contributed by atoms with Crippen LogP contribution in [0.5, 0.6) is 0 Å². The maximum Gasteiger partial charge on any atom is 0.305 e. The first-order valence-corrected chi connectivity index (χ1v) is 26.0. The van der Waals surface area contributed by atoms with Crippen LogP contribution in [0.25, 0.3) is 0 Å². The van der Waals surface area contributed by atoms with Crippen molar-refractivity contribution in [3.05, 3.63) is 105 Å². The lowest BCUT2D eigenvalue weighted by atomic mass is 9.68. The van der Waals surface area contributed by atoms with Crippen molar-refractivity contribution in [2.24, 2.45) is 5.92 Å². The van der Waals surface area contributed by atoms with E-state index in [4.69, 9.17) is 11.6 Å². The smallest absolute Gasteiger partial charge is 0.305 e. The maximum atomic E-state index is 12.2. The molecular weight excluding hydrogens is 824 g/mol. The quantitative estimate of drug-likeness (QED) is 0.122. The number of hydrogen-bond acceptors (Lipinski definition) is 4. The lowest BCUT2D eigenvalue weighted by molar-refractivity contribution is -0.137. The first-order valence-electron chi connectivity index (χ1n) is 25.6. The second-order valence-electron chi connectivity index (χ2n) is 21.8. The number of carboxylic acids is 2. The van der Waals surface area contributed by atoms with Gasteiger partial charge in [-0.2, -0.15) is 0 Å². The van der Waals surface area contributed by atoms with E-state index in [9.17, 15) is 19.8 Å². The average molecular weight is 910 g/mol. The second-order valence-corrected chi connectivity index (χ2v) is 22.2. The predicted molar refractivity (Wildman–Crippen MR) is 276 cm³/mol. The number of hydrogen-bond donors (Lipinski definition) is 2. The van der Waals surface area contributed by atoms with Gasteiger partial charge in [0.25, 0.3) is 0 Å². The molecule has 0 bridgehead atoms. The van der Waals surface area contributed by atoms with E-state index in [1.165, 1.54) is 33.6 Å². The van der Waals surface area contributed by atoms with E-state index in [1.54, 1.807) is 0 Å². The van der Waals surface area contributed by atoms with Crippen LogP contribution in [0.2, 0.25) is 0 Å². The highest BCUT2D eigenvalue weighted by atomic mass is 35.5. The van der Waals surface area contributed by atoms with Gasteiger partial charge in [-0.25, -0.2) is 0 Å². The van der Waals surface area contributed by atoms with Crippen LogP contribution in [0.4, 0.5) is 11.4 Å². The Hall–Kier alpha value is -3.77. The minimum Gasteiger partial charge on any atom is -0.481 e. The number of allylic oxidation sites excluding steroid dienone is 7. The second kappa shape index (κ2) is 22.4. The minimum absolute atomic E-state index is 0.00536. The van der Waals surface area contributed by atoms with E-state index >= 15 is 0 Å². The molecule has 2 heterocycles. The molecule has 2 unspecified atom stereocenters. The van der Waals surface area contributed by atoms with Gasteiger partial charge in [-0.05, 0) is 107 Å². The van der Waals surface area contributed by atoms with Crippen molar-refractivity contribution in [2.75, 3.05) is 22.9 Å². The zero-order valence-electron chi connectivity index (χ0n) is 42.3. The van der Waals surface area contributed by atoms with Crippen LogP contribution >= 0.6 is 11.6 Å². The Morgan fingerprint density at radius 1 is 0.708 bits per heavy atom. The lowest BCUT2D eigenvalue weighted by Crippen LogP contribution is -2.44. The highest BCUT2D eigenvalue weighted by Gasteiger charge is 2.50. The molecule has 0 spiro atoms. The summed E-state index contributed by atoms with van der Waals surface area (Å²) < 4.78 is 0. The van der Waals surface area contributed by atoms with Gasteiger partial charge in [-0.3, -0.25) is 9.59 Å². The first-order chi connectivity index (χ1) is 30.8. The predicted octanol–water partition coefficient (Wildman–Crippen LogP) is 15.9. The van der Waals surface area contributed by atoms with Gasteiger partial charge in [-0.1, -0.05) is 188 Å². The van der Waals surface area contributed by atoms with Crippen molar-refractivity contribution in [3.8, 4) is 0 Å². The molecule has 6 nitrogen and oxygen atoms in total. The number of carbonyl (C=O) groups is 2. The van der Waals surface area contributed by atoms with Gasteiger partial charge >= 0.3 is 11.9 Å². The minimum atomic E-state index is -0.786. The SMILES string of the molecule is CCCCC1(CCCC)/C(=C\C=C2/CC(CC)CC(/C=C/C3N(CCC(=O)O)c4ccc(C(C)(C)C)cc4C3(CCCC)CCCC)=C2Cl)N(CCC(=O)O)c2ccc(C(C)(C)C)cc21. The zero-order chi connectivity index (χ0) is 47.7. The molecule has 2 atom stereocenters. The number of anilines is 2. The Morgan fingerprint density at radius 2 is 1.23 bits per heavy atom. The molecule has 0 aromatic heterocycles. The van der Waals surface area contributed by atoms with Crippen LogP contribution < -0.4 is 9.80 Å². The molecule has 5 rings (SSSR count). The van der Waals surface area contributed by atoms with Crippen molar-refractivity contribution in [1.82, 2.24) is 0 Å². The van der Waals surface area contributed by atoms with Crippen molar-refractivity contribution in [3.63, 3.8) is 0 Å². The average Bonchev–Trinajstić information content (AvgIpc) is 3.67. The third kappa shape index (κ3) is 11.7. The van der Waals surface area contributed by atoms with Crippen LogP contribution in [0.1, 0.15) is 208 Å². The van der Waals surface area contributed by atoms with E-state index in [2.05, 4.69) is 147 Å².